The van der Waals surface area contributed by atoms with Gasteiger partial charge in [-0.3, -0.25) is 4.79 Å². The Morgan fingerprint density at radius 2 is 2.28 bits per heavy atom. The second-order valence-electron chi connectivity index (χ2n) is 4.04. The summed E-state index contributed by atoms with van der Waals surface area (Å²) in [5, 5.41) is 14.3. The monoisotopic (exact) mass is 249 g/mol. The molecule has 5 heteroatoms. The van der Waals surface area contributed by atoms with Crippen LogP contribution in [0, 0.1) is 17.1 Å². The molecule has 1 atom stereocenters. The van der Waals surface area contributed by atoms with Crippen LogP contribution in [0.3, 0.4) is 0 Å². The summed E-state index contributed by atoms with van der Waals surface area (Å²) in [4.78, 5) is 11.6. The minimum Gasteiger partial charge on any atom is -0.325 e. The van der Waals surface area contributed by atoms with Gasteiger partial charge in [-0.2, -0.15) is 5.26 Å². The van der Waals surface area contributed by atoms with Crippen molar-refractivity contribution in [3.8, 4) is 6.07 Å². The molecule has 0 aromatic heterocycles. The molecule has 0 bridgehead atoms. The fourth-order valence-electron chi connectivity index (χ4n) is 1.31. The smallest absolute Gasteiger partial charge is 0.238 e. The van der Waals surface area contributed by atoms with Gasteiger partial charge >= 0.3 is 0 Å². The van der Waals surface area contributed by atoms with Crippen LogP contribution < -0.4 is 10.6 Å². The number of nitriles is 1. The van der Waals surface area contributed by atoms with Gasteiger partial charge in [-0.25, -0.2) is 4.39 Å². The number of nitrogens with zero attached hydrogens (tertiary/aromatic N) is 1. The topological polar surface area (TPSA) is 64.9 Å². The molecule has 0 aliphatic rings. The molecule has 96 valence electrons. The molecule has 0 saturated carbocycles. The molecule has 0 fully saturated rings. The van der Waals surface area contributed by atoms with Gasteiger partial charge in [0.1, 0.15) is 11.9 Å². The average molecular weight is 249 g/mol. The standard InChI is InChI=1S/C13H16FN3O/c1-3-9(2)16-8-13(18)17-11-4-5-12(14)10(6-11)7-15/h4-6,9,16H,3,8H2,1-2H3,(H,17,18). The van der Waals surface area contributed by atoms with Crippen molar-refractivity contribution < 1.29 is 9.18 Å². The first kappa shape index (κ1) is 14.1. The SMILES string of the molecule is CCC(C)NCC(=O)Nc1ccc(F)c(C#N)c1. The number of hydrogen-bond acceptors (Lipinski definition) is 3. The predicted molar refractivity (Wildman–Crippen MR) is 67.5 cm³/mol. The maximum atomic E-state index is 13.1. The van der Waals surface area contributed by atoms with E-state index in [2.05, 4.69) is 10.6 Å². The Bertz CT molecular complexity index is 468. The normalized spacial score (nSPS) is 11.7. The number of rotatable bonds is 5. The number of benzene rings is 1. The molecule has 1 unspecified atom stereocenters. The number of hydrogen-bond donors (Lipinski definition) is 2. The fourth-order valence-corrected chi connectivity index (χ4v) is 1.31. The second kappa shape index (κ2) is 6.72. The van der Waals surface area contributed by atoms with E-state index in [1.165, 1.54) is 12.1 Å². The van der Waals surface area contributed by atoms with Crippen molar-refractivity contribution in [1.29, 1.82) is 5.26 Å². The van der Waals surface area contributed by atoms with E-state index < -0.39 is 5.82 Å². The summed E-state index contributed by atoms with van der Waals surface area (Å²) in [6, 6.07) is 5.90. The van der Waals surface area contributed by atoms with Gasteiger partial charge in [-0.15, -0.1) is 0 Å². The molecule has 18 heavy (non-hydrogen) atoms. The van der Waals surface area contributed by atoms with Crippen LogP contribution in [-0.2, 0) is 4.79 Å². The summed E-state index contributed by atoms with van der Waals surface area (Å²) >= 11 is 0. The van der Waals surface area contributed by atoms with Crippen molar-refractivity contribution in [2.24, 2.45) is 0 Å². The molecule has 0 aliphatic carbocycles. The van der Waals surface area contributed by atoms with Crippen molar-refractivity contribution in [1.82, 2.24) is 5.32 Å². The highest BCUT2D eigenvalue weighted by Gasteiger charge is 2.07. The number of nitrogens with one attached hydrogen (secondary N) is 2. The molecule has 0 spiro atoms. The Hall–Kier alpha value is -1.93. The second-order valence-corrected chi connectivity index (χ2v) is 4.04. The van der Waals surface area contributed by atoms with Crippen LogP contribution in [0.4, 0.5) is 10.1 Å². The number of carbonyl (C=O) groups is 1. The largest absolute Gasteiger partial charge is 0.325 e. The van der Waals surface area contributed by atoms with E-state index in [9.17, 15) is 9.18 Å². The highest BCUT2D eigenvalue weighted by molar-refractivity contribution is 5.92. The molecular formula is C13H16FN3O. The van der Waals surface area contributed by atoms with Crippen LogP contribution in [0.2, 0.25) is 0 Å². The van der Waals surface area contributed by atoms with Crippen LogP contribution in [0.15, 0.2) is 18.2 Å². The molecule has 1 rings (SSSR count). The number of carbonyl (C=O) groups excluding carboxylic acids is 1. The van der Waals surface area contributed by atoms with Crippen molar-refractivity contribution in [2.75, 3.05) is 11.9 Å². The van der Waals surface area contributed by atoms with E-state index in [4.69, 9.17) is 5.26 Å². The summed E-state index contributed by atoms with van der Waals surface area (Å²) in [5.41, 5.74) is 0.339. The van der Waals surface area contributed by atoms with Crippen molar-refractivity contribution in [2.45, 2.75) is 26.3 Å². The molecule has 1 amide bonds. The first-order valence-electron chi connectivity index (χ1n) is 5.79. The maximum absolute atomic E-state index is 13.1. The number of amides is 1. The highest BCUT2D eigenvalue weighted by atomic mass is 19.1. The summed E-state index contributed by atoms with van der Waals surface area (Å²) in [5.74, 6) is -0.806. The number of halogens is 1. The zero-order valence-electron chi connectivity index (χ0n) is 10.5. The molecule has 0 radical (unpaired) electrons. The summed E-state index contributed by atoms with van der Waals surface area (Å²) in [6.45, 7) is 4.20. The third-order valence-electron chi connectivity index (χ3n) is 2.59. The number of anilines is 1. The lowest BCUT2D eigenvalue weighted by molar-refractivity contribution is -0.115. The van der Waals surface area contributed by atoms with Crippen LogP contribution in [-0.4, -0.2) is 18.5 Å². The predicted octanol–water partition coefficient (Wildman–Crippen LogP) is 2.02. The van der Waals surface area contributed by atoms with Gasteiger partial charge < -0.3 is 10.6 Å². The lowest BCUT2D eigenvalue weighted by atomic mass is 10.2. The Balaban J connectivity index is 2.57. The Morgan fingerprint density at radius 3 is 2.89 bits per heavy atom. The van der Waals surface area contributed by atoms with Crippen LogP contribution in [0.1, 0.15) is 25.8 Å². The third-order valence-corrected chi connectivity index (χ3v) is 2.59. The van der Waals surface area contributed by atoms with E-state index in [0.717, 1.165) is 12.5 Å². The van der Waals surface area contributed by atoms with Crippen molar-refractivity contribution in [3.63, 3.8) is 0 Å². The molecule has 4 nitrogen and oxygen atoms in total. The van der Waals surface area contributed by atoms with Crippen molar-refractivity contribution >= 4 is 11.6 Å². The van der Waals surface area contributed by atoms with Gasteiger partial charge in [0.2, 0.25) is 5.91 Å². The molecule has 0 heterocycles. The quantitative estimate of drug-likeness (QED) is 0.839. The van der Waals surface area contributed by atoms with E-state index in [1.54, 1.807) is 6.07 Å². The zero-order chi connectivity index (χ0) is 13.5. The first-order valence-corrected chi connectivity index (χ1v) is 5.79. The van der Waals surface area contributed by atoms with Crippen LogP contribution in [0.25, 0.3) is 0 Å². The van der Waals surface area contributed by atoms with Gasteiger partial charge in [0.15, 0.2) is 0 Å². The van der Waals surface area contributed by atoms with E-state index in [0.29, 0.717) is 5.69 Å². The molecule has 1 aromatic carbocycles. The minimum atomic E-state index is -0.590. The van der Waals surface area contributed by atoms with E-state index in [-0.39, 0.29) is 24.1 Å². The zero-order valence-corrected chi connectivity index (χ0v) is 10.5. The van der Waals surface area contributed by atoms with Crippen LogP contribution in [0.5, 0.6) is 0 Å². The van der Waals surface area contributed by atoms with Crippen LogP contribution >= 0.6 is 0 Å². The summed E-state index contributed by atoms with van der Waals surface area (Å²) < 4.78 is 13.1. The fraction of sp³-hybridized carbons (Fsp3) is 0.385. The van der Waals surface area contributed by atoms with Gasteiger partial charge in [0.05, 0.1) is 12.1 Å². The van der Waals surface area contributed by atoms with Gasteiger partial charge in [0, 0.05) is 11.7 Å². The van der Waals surface area contributed by atoms with Gasteiger partial charge in [-0.1, -0.05) is 6.92 Å². The van der Waals surface area contributed by atoms with Gasteiger partial charge in [0.25, 0.3) is 0 Å². The Kier molecular flexibility index (Phi) is 5.28. The Labute approximate surface area is 106 Å². The van der Waals surface area contributed by atoms with E-state index >= 15 is 0 Å². The molecule has 2 N–H and O–H groups in total. The summed E-state index contributed by atoms with van der Waals surface area (Å²) in [6.07, 6.45) is 0.933. The third kappa shape index (κ3) is 4.15. The highest BCUT2D eigenvalue weighted by Crippen LogP contribution is 2.13. The molecule has 0 saturated heterocycles. The molecule has 1 aromatic rings. The van der Waals surface area contributed by atoms with Crippen molar-refractivity contribution in [3.05, 3.63) is 29.6 Å². The first-order chi connectivity index (χ1) is 8.56. The average Bonchev–Trinajstić information content (AvgIpc) is 2.38. The molecule has 0 aliphatic heterocycles. The minimum absolute atomic E-state index is 0.0808. The lowest BCUT2D eigenvalue weighted by Gasteiger charge is -2.11. The van der Waals surface area contributed by atoms with Gasteiger partial charge in [-0.05, 0) is 31.5 Å². The summed E-state index contributed by atoms with van der Waals surface area (Å²) in [7, 11) is 0. The van der Waals surface area contributed by atoms with E-state index in [1.807, 2.05) is 13.8 Å². The molecular weight excluding hydrogens is 233 g/mol. The Morgan fingerprint density at radius 1 is 1.56 bits per heavy atom. The maximum Gasteiger partial charge on any atom is 0.238 e. The lowest BCUT2D eigenvalue weighted by Crippen LogP contribution is -2.33.